The van der Waals surface area contributed by atoms with E-state index in [0.29, 0.717) is 0 Å². The average Bonchev–Trinajstić information content (AvgIpc) is 2.53. The Morgan fingerprint density at radius 2 is 1.43 bits per heavy atom. The van der Waals surface area contributed by atoms with Crippen molar-refractivity contribution in [2.75, 3.05) is 19.1 Å². The van der Waals surface area contributed by atoms with E-state index >= 15 is 0 Å². The predicted molar refractivity (Wildman–Crippen MR) is 89.8 cm³/mol. The Morgan fingerprint density at radius 3 is 2.00 bits per heavy atom. The zero-order valence-corrected chi connectivity index (χ0v) is 13.4. The van der Waals surface area contributed by atoms with Crippen LogP contribution in [0.2, 0.25) is 0 Å². The second-order valence-electron chi connectivity index (χ2n) is 5.05. The summed E-state index contributed by atoms with van der Waals surface area (Å²) in [7, 11) is 0. The van der Waals surface area contributed by atoms with Crippen LogP contribution in [0.25, 0.3) is 10.8 Å². The molecule has 2 nitrogen and oxygen atoms in total. The van der Waals surface area contributed by atoms with Gasteiger partial charge in [0, 0.05) is 16.7 Å². The van der Waals surface area contributed by atoms with Crippen molar-refractivity contribution < 1.29 is 9.47 Å². The SMILES string of the molecule is CCCOc1ccc(OCCCCCCl)c2ccccc12. The Morgan fingerprint density at radius 1 is 0.810 bits per heavy atom. The van der Waals surface area contributed by atoms with Gasteiger partial charge in [-0.05, 0) is 37.8 Å². The molecule has 0 aliphatic heterocycles. The van der Waals surface area contributed by atoms with Crippen LogP contribution in [0.3, 0.4) is 0 Å². The zero-order chi connectivity index (χ0) is 14.9. The summed E-state index contributed by atoms with van der Waals surface area (Å²) in [5.41, 5.74) is 0. The summed E-state index contributed by atoms with van der Waals surface area (Å²) in [6.07, 6.45) is 4.21. The van der Waals surface area contributed by atoms with Crippen LogP contribution in [-0.2, 0) is 0 Å². The van der Waals surface area contributed by atoms with Crippen molar-refractivity contribution in [3.05, 3.63) is 36.4 Å². The number of benzene rings is 2. The highest BCUT2D eigenvalue weighted by Gasteiger charge is 2.07. The van der Waals surface area contributed by atoms with Crippen molar-refractivity contribution in [2.24, 2.45) is 0 Å². The lowest BCUT2D eigenvalue weighted by atomic mass is 10.1. The van der Waals surface area contributed by atoms with Gasteiger partial charge in [-0.2, -0.15) is 0 Å². The van der Waals surface area contributed by atoms with Gasteiger partial charge in [-0.3, -0.25) is 0 Å². The summed E-state index contributed by atoms with van der Waals surface area (Å²) in [4.78, 5) is 0. The lowest BCUT2D eigenvalue weighted by Crippen LogP contribution is -2.00. The fourth-order valence-electron chi connectivity index (χ4n) is 2.26. The summed E-state index contributed by atoms with van der Waals surface area (Å²) in [5, 5.41) is 2.23. The smallest absolute Gasteiger partial charge is 0.127 e. The van der Waals surface area contributed by atoms with Crippen LogP contribution in [0.5, 0.6) is 11.5 Å². The van der Waals surface area contributed by atoms with Crippen LogP contribution in [0.15, 0.2) is 36.4 Å². The maximum absolute atomic E-state index is 5.93. The highest BCUT2D eigenvalue weighted by atomic mass is 35.5. The molecular weight excluding hydrogens is 284 g/mol. The van der Waals surface area contributed by atoms with Crippen LogP contribution >= 0.6 is 11.6 Å². The van der Waals surface area contributed by atoms with Gasteiger partial charge < -0.3 is 9.47 Å². The van der Waals surface area contributed by atoms with Gasteiger partial charge in [0.05, 0.1) is 13.2 Å². The Hall–Kier alpha value is -1.41. The molecule has 0 atom stereocenters. The van der Waals surface area contributed by atoms with Gasteiger partial charge in [0.15, 0.2) is 0 Å². The van der Waals surface area contributed by atoms with Crippen molar-refractivity contribution >= 4 is 22.4 Å². The quantitative estimate of drug-likeness (QED) is 0.455. The minimum atomic E-state index is 0.729. The number of fused-ring (bicyclic) bond motifs is 1. The van der Waals surface area contributed by atoms with Crippen molar-refractivity contribution in [3.63, 3.8) is 0 Å². The molecule has 114 valence electrons. The third kappa shape index (κ3) is 4.53. The third-order valence-corrected chi connectivity index (χ3v) is 3.61. The molecule has 0 aliphatic rings. The molecule has 3 heteroatoms. The van der Waals surface area contributed by atoms with E-state index in [1.165, 1.54) is 0 Å². The second kappa shape index (κ2) is 8.78. The topological polar surface area (TPSA) is 18.5 Å². The lowest BCUT2D eigenvalue weighted by molar-refractivity contribution is 0.307. The molecule has 0 aromatic heterocycles. The van der Waals surface area contributed by atoms with Crippen LogP contribution in [0.1, 0.15) is 32.6 Å². The molecule has 0 radical (unpaired) electrons. The van der Waals surface area contributed by atoms with Crippen molar-refractivity contribution in [2.45, 2.75) is 32.6 Å². The van der Waals surface area contributed by atoms with E-state index in [-0.39, 0.29) is 0 Å². The lowest BCUT2D eigenvalue weighted by Gasteiger charge is -2.13. The largest absolute Gasteiger partial charge is 0.493 e. The van der Waals surface area contributed by atoms with Gasteiger partial charge in [0.2, 0.25) is 0 Å². The van der Waals surface area contributed by atoms with Crippen LogP contribution in [-0.4, -0.2) is 19.1 Å². The maximum Gasteiger partial charge on any atom is 0.127 e. The first-order valence-corrected chi connectivity index (χ1v) is 8.23. The number of rotatable bonds is 9. The monoisotopic (exact) mass is 306 g/mol. The molecule has 0 bridgehead atoms. The molecule has 2 aromatic rings. The molecule has 21 heavy (non-hydrogen) atoms. The Labute approximate surface area is 132 Å². The fourth-order valence-corrected chi connectivity index (χ4v) is 2.45. The van der Waals surface area contributed by atoms with Gasteiger partial charge in [-0.15, -0.1) is 11.6 Å². The highest BCUT2D eigenvalue weighted by Crippen LogP contribution is 2.33. The molecule has 2 rings (SSSR count). The first kappa shape index (κ1) is 16.0. The number of unbranched alkanes of at least 4 members (excludes halogenated alkanes) is 2. The van der Waals surface area contributed by atoms with Crippen LogP contribution in [0.4, 0.5) is 0 Å². The van der Waals surface area contributed by atoms with E-state index in [0.717, 1.165) is 67.0 Å². The van der Waals surface area contributed by atoms with E-state index in [2.05, 4.69) is 19.1 Å². The molecule has 0 amide bonds. The summed E-state index contributed by atoms with van der Waals surface area (Å²) in [6, 6.07) is 12.3. The molecule has 0 saturated heterocycles. The Bertz CT molecular complexity index is 554. The standard InChI is InChI=1S/C18H23ClO2/c1-2-13-20-17-10-11-18(21-14-7-3-6-12-19)16-9-5-4-8-15(16)17/h4-5,8-11H,2-3,6-7,12-14H2,1H3. The van der Waals surface area contributed by atoms with Crippen molar-refractivity contribution in [3.8, 4) is 11.5 Å². The highest BCUT2D eigenvalue weighted by molar-refractivity contribution is 6.17. The molecule has 0 aliphatic carbocycles. The van der Waals surface area contributed by atoms with E-state index < -0.39 is 0 Å². The van der Waals surface area contributed by atoms with Crippen molar-refractivity contribution in [1.82, 2.24) is 0 Å². The molecular formula is C18H23ClO2. The predicted octanol–water partition coefficient (Wildman–Crippen LogP) is 5.42. The van der Waals surface area contributed by atoms with E-state index in [9.17, 15) is 0 Å². The maximum atomic E-state index is 5.93. The Balaban J connectivity index is 2.10. The van der Waals surface area contributed by atoms with Gasteiger partial charge in [0.25, 0.3) is 0 Å². The summed E-state index contributed by atoms with van der Waals surface area (Å²) >= 11 is 5.68. The van der Waals surface area contributed by atoms with E-state index in [1.54, 1.807) is 0 Å². The zero-order valence-electron chi connectivity index (χ0n) is 12.6. The molecule has 0 unspecified atom stereocenters. The van der Waals surface area contributed by atoms with Crippen LogP contribution < -0.4 is 9.47 Å². The molecule has 0 saturated carbocycles. The molecule has 0 N–H and O–H groups in total. The molecule has 0 fully saturated rings. The molecule has 0 heterocycles. The minimum Gasteiger partial charge on any atom is -0.493 e. The van der Waals surface area contributed by atoms with Crippen LogP contribution in [0, 0.1) is 0 Å². The minimum absolute atomic E-state index is 0.729. The summed E-state index contributed by atoms with van der Waals surface area (Å²) < 4.78 is 11.7. The first-order valence-electron chi connectivity index (χ1n) is 7.70. The van der Waals surface area contributed by atoms with E-state index in [4.69, 9.17) is 21.1 Å². The average molecular weight is 307 g/mol. The Kier molecular flexibility index (Phi) is 6.68. The number of halogens is 1. The van der Waals surface area contributed by atoms with Gasteiger partial charge in [0.1, 0.15) is 11.5 Å². The summed E-state index contributed by atoms with van der Waals surface area (Å²) in [5.74, 6) is 2.59. The number of hydrogen-bond acceptors (Lipinski definition) is 2. The fraction of sp³-hybridized carbons (Fsp3) is 0.444. The normalized spacial score (nSPS) is 10.8. The van der Waals surface area contributed by atoms with Crippen molar-refractivity contribution in [1.29, 1.82) is 0 Å². The van der Waals surface area contributed by atoms with Gasteiger partial charge in [-0.1, -0.05) is 31.2 Å². The third-order valence-electron chi connectivity index (χ3n) is 3.34. The number of alkyl halides is 1. The number of hydrogen-bond donors (Lipinski definition) is 0. The second-order valence-corrected chi connectivity index (χ2v) is 5.43. The van der Waals surface area contributed by atoms with Gasteiger partial charge in [-0.25, -0.2) is 0 Å². The summed E-state index contributed by atoms with van der Waals surface area (Å²) in [6.45, 7) is 3.58. The number of ether oxygens (including phenoxy) is 2. The molecule has 2 aromatic carbocycles. The first-order chi connectivity index (χ1) is 10.4. The van der Waals surface area contributed by atoms with Gasteiger partial charge >= 0.3 is 0 Å². The molecule has 0 spiro atoms. The van der Waals surface area contributed by atoms with E-state index in [1.807, 2.05) is 24.3 Å².